The third-order valence-electron chi connectivity index (χ3n) is 7.21. The second-order valence-electron chi connectivity index (χ2n) is 8.74. The summed E-state index contributed by atoms with van der Waals surface area (Å²) >= 11 is 3.62. The molecule has 4 aliphatic rings. The summed E-state index contributed by atoms with van der Waals surface area (Å²) in [4.78, 5) is 2.79. The van der Waals surface area contributed by atoms with Gasteiger partial charge >= 0.3 is 0 Å². The van der Waals surface area contributed by atoms with Gasteiger partial charge < -0.3 is 4.90 Å². The van der Waals surface area contributed by atoms with Crippen LogP contribution in [0, 0.1) is 18.8 Å². The summed E-state index contributed by atoms with van der Waals surface area (Å²) in [6, 6.07) is 14.5. The molecule has 0 aromatic heterocycles. The molecule has 0 bridgehead atoms. The highest BCUT2D eigenvalue weighted by molar-refractivity contribution is 9.10. The zero-order valence-electron chi connectivity index (χ0n) is 15.6. The highest BCUT2D eigenvalue weighted by Gasteiger charge is 2.47. The number of anilines is 1. The first kappa shape index (κ1) is 16.2. The molecule has 0 unspecified atom stereocenters. The van der Waals surface area contributed by atoms with Crippen LogP contribution in [0.3, 0.4) is 0 Å². The van der Waals surface area contributed by atoms with Crippen molar-refractivity contribution < 1.29 is 0 Å². The van der Waals surface area contributed by atoms with Crippen LogP contribution in [0.25, 0.3) is 0 Å². The zero-order chi connectivity index (χ0) is 18.1. The minimum atomic E-state index is 0.480. The Hall–Kier alpha value is -1.80. The molecular weight excluding hydrogens is 394 g/mol. The molecule has 1 nitrogen and oxygen atoms in total. The largest absolute Gasteiger partial charge is 0.363 e. The van der Waals surface area contributed by atoms with Crippen LogP contribution in [0.2, 0.25) is 0 Å². The van der Waals surface area contributed by atoms with Crippen LogP contribution in [0.15, 0.2) is 65.2 Å². The molecule has 6 rings (SSSR count). The Kier molecular flexibility index (Phi) is 3.50. The van der Waals surface area contributed by atoms with E-state index in [1.54, 1.807) is 16.8 Å². The number of hydrogen-bond acceptors (Lipinski definition) is 1. The van der Waals surface area contributed by atoms with Crippen molar-refractivity contribution in [3.8, 4) is 0 Å². The van der Waals surface area contributed by atoms with E-state index in [2.05, 4.69) is 88.5 Å². The average molecular weight is 418 g/mol. The summed E-state index contributed by atoms with van der Waals surface area (Å²) in [5.74, 6) is 2.56. The van der Waals surface area contributed by atoms with Gasteiger partial charge in [0.25, 0.3) is 0 Å². The Balaban J connectivity index is 1.59. The summed E-state index contributed by atoms with van der Waals surface area (Å²) < 4.78 is 1.17. The predicted octanol–water partition coefficient (Wildman–Crippen LogP) is 6.65. The van der Waals surface area contributed by atoms with Gasteiger partial charge in [0.15, 0.2) is 0 Å². The van der Waals surface area contributed by atoms with Gasteiger partial charge in [0, 0.05) is 28.5 Å². The molecule has 0 N–H and O–H groups in total. The van der Waals surface area contributed by atoms with Crippen LogP contribution in [-0.2, 0) is 0 Å². The Morgan fingerprint density at radius 2 is 1.63 bits per heavy atom. The van der Waals surface area contributed by atoms with Gasteiger partial charge in [-0.05, 0) is 60.4 Å². The summed E-state index contributed by atoms with van der Waals surface area (Å²) in [7, 11) is 0. The Labute approximate surface area is 169 Å². The SMILES string of the molecule is Cc1cc2c3c(c1)[C@@H]1C=CC[C@@H]1[C@H](c1ccc(Br)cc1)N3C[C@@H]1CC=C[C@@H]21. The first-order valence-electron chi connectivity index (χ1n) is 10.2. The second kappa shape index (κ2) is 5.85. The fraction of sp³-hybridized carbons (Fsp3) is 0.360. The van der Waals surface area contributed by atoms with Gasteiger partial charge in [-0.15, -0.1) is 0 Å². The van der Waals surface area contributed by atoms with Crippen molar-refractivity contribution in [3.05, 3.63) is 87.4 Å². The summed E-state index contributed by atoms with van der Waals surface area (Å²) in [5.41, 5.74) is 7.60. The van der Waals surface area contributed by atoms with Crippen LogP contribution < -0.4 is 4.90 Å². The van der Waals surface area contributed by atoms with Crippen LogP contribution in [0.5, 0.6) is 0 Å². The lowest BCUT2D eigenvalue weighted by molar-refractivity contribution is 0.335. The topological polar surface area (TPSA) is 3.24 Å². The van der Waals surface area contributed by atoms with E-state index in [1.807, 2.05) is 0 Å². The van der Waals surface area contributed by atoms with Gasteiger partial charge in [0.05, 0.1) is 6.04 Å². The van der Waals surface area contributed by atoms with Gasteiger partial charge in [-0.1, -0.05) is 70.1 Å². The quantitative estimate of drug-likeness (QED) is 0.469. The van der Waals surface area contributed by atoms with Gasteiger partial charge in [0.1, 0.15) is 0 Å². The van der Waals surface area contributed by atoms with Crippen molar-refractivity contribution in [1.29, 1.82) is 0 Å². The van der Waals surface area contributed by atoms with Gasteiger partial charge in [-0.3, -0.25) is 0 Å². The van der Waals surface area contributed by atoms with E-state index in [-0.39, 0.29) is 0 Å². The number of hydrogen-bond donors (Lipinski definition) is 0. The van der Waals surface area contributed by atoms with E-state index in [1.165, 1.54) is 35.0 Å². The van der Waals surface area contributed by atoms with E-state index in [4.69, 9.17) is 0 Å². The molecule has 2 aromatic rings. The fourth-order valence-corrected chi connectivity index (χ4v) is 6.44. The standard InChI is InChI=1S/C25H24BrN/c1-15-12-22-19-5-2-4-17(19)14-27-24(16-8-10-18(26)11-9-16)21-7-3-6-20(21)23(13-15)25(22)27/h2-3,5-6,8-13,17,19-21,24H,4,7,14H2,1H3/t17-,19+,20+,21-,24-/m0/s1. The third kappa shape index (κ3) is 2.29. The van der Waals surface area contributed by atoms with Crippen LogP contribution in [0.4, 0.5) is 5.69 Å². The molecule has 2 aromatic carbocycles. The summed E-state index contributed by atoms with van der Waals surface area (Å²) in [5, 5.41) is 0. The molecule has 0 spiro atoms. The van der Waals surface area contributed by atoms with Gasteiger partial charge in [-0.25, -0.2) is 0 Å². The average Bonchev–Trinajstić information content (AvgIpc) is 3.32. The van der Waals surface area contributed by atoms with Crippen LogP contribution >= 0.6 is 15.9 Å². The minimum Gasteiger partial charge on any atom is -0.363 e. The van der Waals surface area contributed by atoms with E-state index in [9.17, 15) is 0 Å². The third-order valence-corrected chi connectivity index (χ3v) is 7.73. The van der Waals surface area contributed by atoms with E-state index >= 15 is 0 Å². The van der Waals surface area contributed by atoms with Crippen LogP contribution in [-0.4, -0.2) is 6.54 Å². The van der Waals surface area contributed by atoms with E-state index in [0.29, 0.717) is 23.8 Å². The number of nitrogens with zero attached hydrogens (tertiary/aromatic N) is 1. The van der Waals surface area contributed by atoms with E-state index in [0.717, 1.165) is 5.92 Å². The Morgan fingerprint density at radius 1 is 0.926 bits per heavy atom. The minimum absolute atomic E-state index is 0.480. The molecule has 0 fully saturated rings. The lowest BCUT2D eigenvalue weighted by Gasteiger charge is -2.51. The van der Waals surface area contributed by atoms with Crippen molar-refractivity contribution in [2.24, 2.45) is 11.8 Å². The molecule has 2 aliphatic heterocycles. The van der Waals surface area contributed by atoms with Gasteiger partial charge in [0.2, 0.25) is 0 Å². The number of allylic oxidation sites excluding steroid dienone is 4. The van der Waals surface area contributed by atoms with Crippen molar-refractivity contribution in [3.63, 3.8) is 0 Å². The fourth-order valence-electron chi connectivity index (χ4n) is 6.17. The molecule has 2 heterocycles. The Morgan fingerprint density at radius 3 is 2.44 bits per heavy atom. The van der Waals surface area contributed by atoms with Crippen molar-refractivity contribution in [2.45, 2.75) is 37.6 Å². The maximum absolute atomic E-state index is 3.62. The predicted molar refractivity (Wildman–Crippen MR) is 115 cm³/mol. The van der Waals surface area contributed by atoms with Gasteiger partial charge in [-0.2, -0.15) is 0 Å². The zero-order valence-corrected chi connectivity index (χ0v) is 17.2. The van der Waals surface area contributed by atoms with E-state index < -0.39 is 0 Å². The normalized spacial score (nSPS) is 32.4. The van der Waals surface area contributed by atoms with Crippen molar-refractivity contribution in [1.82, 2.24) is 0 Å². The first-order chi connectivity index (χ1) is 13.2. The number of rotatable bonds is 1. The highest BCUT2D eigenvalue weighted by Crippen LogP contribution is 2.58. The molecule has 5 atom stereocenters. The summed E-state index contributed by atoms with van der Waals surface area (Å²) in [6.45, 7) is 3.46. The maximum Gasteiger partial charge on any atom is 0.0582 e. The maximum atomic E-state index is 3.62. The second-order valence-corrected chi connectivity index (χ2v) is 9.66. The monoisotopic (exact) mass is 417 g/mol. The molecule has 0 radical (unpaired) electrons. The van der Waals surface area contributed by atoms with Crippen molar-refractivity contribution in [2.75, 3.05) is 11.4 Å². The molecule has 0 saturated carbocycles. The number of aryl methyl sites for hydroxylation is 1. The molecule has 2 aliphatic carbocycles. The Bertz CT molecular complexity index is 953. The summed E-state index contributed by atoms with van der Waals surface area (Å²) in [6.07, 6.45) is 12.2. The lowest BCUT2D eigenvalue weighted by Crippen LogP contribution is -2.46. The lowest BCUT2D eigenvalue weighted by atomic mass is 9.70. The molecule has 2 heteroatoms. The van der Waals surface area contributed by atoms with Crippen LogP contribution in [0.1, 0.15) is 53.0 Å². The highest BCUT2D eigenvalue weighted by atomic mass is 79.9. The number of halogens is 1. The molecular formula is C25H24BrN. The first-order valence-corrected chi connectivity index (χ1v) is 11.0. The molecule has 27 heavy (non-hydrogen) atoms. The molecule has 0 saturated heterocycles. The van der Waals surface area contributed by atoms with Crippen molar-refractivity contribution >= 4 is 21.6 Å². The number of fused-ring (bicyclic) bond motifs is 4. The smallest absolute Gasteiger partial charge is 0.0582 e. The molecule has 0 amide bonds. The number of benzene rings is 2. The molecule has 136 valence electrons.